The van der Waals surface area contributed by atoms with E-state index in [1.54, 1.807) is 0 Å². The Labute approximate surface area is 107 Å². The molecule has 0 saturated carbocycles. The third-order valence-electron chi connectivity index (χ3n) is 4.05. The van der Waals surface area contributed by atoms with E-state index < -0.39 is 0 Å². The molecule has 3 heterocycles. The first-order valence-corrected chi connectivity index (χ1v) is 6.80. The van der Waals surface area contributed by atoms with Crippen LogP contribution in [0, 0.1) is 5.92 Å². The fourth-order valence-corrected chi connectivity index (χ4v) is 3.16. The molecule has 0 spiro atoms. The minimum absolute atomic E-state index is 0.571. The van der Waals surface area contributed by atoms with E-state index in [4.69, 9.17) is 11.6 Å². The van der Waals surface area contributed by atoms with Gasteiger partial charge >= 0.3 is 0 Å². The van der Waals surface area contributed by atoms with Crippen molar-refractivity contribution in [2.24, 2.45) is 5.92 Å². The molecular formula is C13H18ClN3. The number of halogens is 1. The van der Waals surface area contributed by atoms with Gasteiger partial charge in [0.2, 0.25) is 0 Å². The number of hydrogen-bond acceptors (Lipinski definition) is 3. The highest BCUT2D eigenvalue weighted by atomic mass is 35.5. The molecule has 2 fully saturated rings. The van der Waals surface area contributed by atoms with Gasteiger partial charge in [0.15, 0.2) is 0 Å². The zero-order valence-corrected chi connectivity index (χ0v) is 10.7. The summed E-state index contributed by atoms with van der Waals surface area (Å²) in [6.07, 6.45) is 5.77. The minimum atomic E-state index is 0.571. The first-order chi connectivity index (χ1) is 8.33. The molecule has 92 valence electrons. The molecule has 17 heavy (non-hydrogen) atoms. The number of anilines is 1. The van der Waals surface area contributed by atoms with E-state index in [0.29, 0.717) is 5.15 Å². The highest BCUT2D eigenvalue weighted by Gasteiger charge is 2.29. The van der Waals surface area contributed by atoms with Gasteiger partial charge in [-0.1, -0.05) is 11.6 Å². The Hall–Kier alpha value is -0.800. The smallest absolute Gasteiger partial charge is 0.129 e. The molecule has 4 heteroatoms. The van der Waals surface area contributed by atoms with Crippen molar-refractivity contribution in [2.75, 3.05) is 24.5 Å². The number of nitrogens with one attached hydrogen (secondary N) is 1. The third kappa shape index (κ3) is 2.40. The molecule has 2 atom stereocenters. The van der Waals surface area contributed by atoms with E-state index >= 15 is 0 Å². The second-order valence-electron chi connectivity index (χ2n) is 5.01. The highest BCUT2D eigenvalue weighted by Crippen LogP contribution is 2.27. The summed E-state index contributed by atoms with van der Waals surface area (Å²) in [5.41, 5.74) is 1.20. The van der Waals surface area contributed by atoms with Crippen LogP contribution < -0.4 is 10.2 Å². The Bertz CT molecular complexity index is 365. The van der Waals surface area contributed by atoms with Crippen LogP contribution in [0.2, 0.25) is 5.15 Å². The monoisotopic (exact) mass is 251 g/mol. The molecule has 2 aliphatic rings. The summed E-state index contributed by atoms with van der Waals surface area (Å²) in [6.45, 7) is 3.47. The molecule has 1 aromatic heterocycles. The van der Waals surface area contributed by atoms with E-state index in [9.17, 15) is 0 Å². The molecule has 0 amide bonds. The van der Waals surface area contributed by atoms with Crippen LogP contribution in [0.3, 0.4) is 0 Å². The van der Waals surface area contributed by atoms with E-state index in [-0.39, 0.29) is 0 Å². The maximum absolute atomic E-state index is 5.82. The van der Waals surface area contributed by atoms with Gasteiger partial charge in [0.05, 0.1) is 11.9 Å². The van der Waals surface area contributed by atoms with Crippen molar-refractivity contribution in [3.05, 3.63) is 23.5 Å². The van der Waals surface area contributed by atoms with Crippen molar-refractivity contribution in [3.8, 4) is 0 Å². The Morgan fingerprint density at radius 3 is 2.94 bits per heavy atom. The summed E-state index contributed by atoms with van der Waals surface area (Å²) in [6, 6.07) is 4.69. The number of rotatable bonds is 1. The van der Waals surface area contributed by atoms with Crippen LogP contribution in [-0.4, -0.2) is 30.7 Å². The summed E-state index contributed by atoms with van der Waals surface area (Å²) in [5, 5.41) is 4.19. The van der Waals surface area contributed by atoms with Crippen LogP contribution in [0.4, 0.5) is 5.69 Å². The molecule has 0 aromatic carbocycles. The average Bonchev–Trinajstić information content (AvgIpc) is 2.70. The lowest BCUT2D eigenvalue weighted by atomic mass is 9.96. The number of hydrogen-bond donors (Lipinski definition) is 1. The van der Waals surface area contributed by atoms with Crippen LogP contribution in [0.1, 0.15) is 19.3 Å². The first kappa shape index (κ1) is 11.3. The van der Waals surface area contributed by atoms with Crippen LogP contribution in [0.5, 0.6) is 0 Å². The Kier molecular flexibility index (Phi) is 3.21. The SMILES string of the molecule is Clc1ccc(N2CC[C@@H]3CCN[C@@H]3CC2)cn1. The molecule has 0 bridgehead atoms. The van der Waals surface area contributed by atoms with Crippen molar-refractivity contribution in [1.29, 1.82) is 0 Å². The van der Waals surface area contributed by atoms with Gasteiger partial charge in [0.25, 0.3) is 0 Å². The van der Waals surface area contributed by atoms with Crippen LogP contribution in [0.25, 0.3) is 0 Å². The predicted octanol–water partition coefficient (Wildman–Crippen LogP) is 2.31. The lowest BCUT2D eigenvalue weighted by Gasteiger charge is -2.22. The van der Waals surface area contributed by atoms with Crippen molar-refractivity contribution in [1.82, 2.24) is 10.3 Å². The first-order valence-electron chi connectivity index (χ1n) is 6.43. The topological polar surface area (TPSA) is 28.2 Å². The Morgan fingerprint density at radius 2 is 2.12 bits per heavy atom. The van der Waals surface area contributed by atoms with Crippen molar-refractivity contribution in [2.45, 2.75) is 25.3 Å². The quantitative estimate of drug-likeness (QED) is 0.777. The van der Waals surface area contributed by atoms with Crippen LogP contribution in [0.15, 0.2) is 18.3 Å². The highest BCUT2D eigenvalue weighted by molar-refractivity contribution is 6.29. The zero-order valence-electron chi connectivity index (χ0n) is 9.90. The second-order valence-corrected chi connectivity index (χ2v) is 5.40. The zero-order chi connectivity index (χ0) is 11.7. The van der Waals surface area contributed by atoms with Gasteiger partial charge < -0.3 is 10.2 Å². The van der Waals surface area contributed by atoms with Gasteiger partial charge in [-0.15, -0.1) is 0 Å². The summed E-state index contributed by atoms with van der Waals surface area (Å²) < 4.78 is 0. The van der Waals surface area contributed by atoms with Gasteiger partial charge in [0, 0.05) is 19.1 Å². The standard InChI is InChI=1S/C13H18ClN3/c14-13-2-1-11(9-16-13)17-7-4-10-3-6-15-12(10)5-8-17/h1-2,9-10,12,15H,3-8H2/t10-,12+/m0/s1. The average molecular weight is 252 g/mol. The summed E-state index contributed by atoms with van der Waals surface area (Å²) in [5.74, 6) is 0.875. The lowest BCUT2D eigenvalue weighted by Crippen LogP contribution is -2.28. The second kappa shape index (κ2) is 4.83. The number of pyridine rings is 1. The molecule has 0 unspecified atom stereocenters. The molecular weight excluding hydrogens is 234 g/mol. The Morgan fingerprint density at radius 1 is 1.24 bits per heavy atom. The van der Waals surface area contributed by atoms with Crippen LogP contribution >= 0.6 is 11.6 Å². The van der Waals surface area contributed by atoms with Gasteiger partial charge in [-0.2, -0.15) is 0 Å². The minimum Gasteiger partial charge on any atom is -0.370 e. The van der Waals surface area contributed by atoms with Crippen molar-refractivity contribution < 1.29 is 0 Å². The molecule has 1 aromatic rings. The number of aromatic nitrogens is 1. The van der Waals surface area contributed by atoms with E-state index in [2.05, 4.69) is 21.3 Å². The van der Waals surface area contributed by atoms with Gasteiger partial charge in [-0.25, -0.2) is 4.98 Å². The van der Waals surface area contributed by atoms with E-state index in [0.717, 1.165) is 25.0 Å². The van der Waals surface area contributed by atoms with Crippen molar-refractivity contribution >= 4 is 17.3 Å². The molecule has 0 radical (unpaired) electrons. The van der Waals surface area contributed by atoms with Gasteiger partial charge in [-0.3, -0.25) is 0 Å². The summed E-state index contributed by atoms with van der Waals surface area (Å²) in [4.78, 5) is 6.60. The maximum atomic E-state index is 5.82. The summed E-state index contributed by atoms with van der Waals surface area (Å²) >= 11 is 5.82. The third-order valence-corrected chi connectivity index (χ3v) is 4.27. The molecule has 3 nitrogen and oxygen atoms in total. The van der Waals surface area contributed by atoms with Gasteiger partial charge in [0.1, 0.15) is 5.15 Å². The molecule has 3 rings (SSSR count). The van der Waals surface area contributed by atoms with E-state index in [1.807, 2.05) is 12.3 Å². The normalized spacial score (nSPS) is 28.9. The molecule has 1 N–H and O–H groups in total. The van der Waals surface area contributed by atoms with E-state index in [1.165, 1.54) is 31.5 Å². The molecule has 0 aliphatic carbocycles. The van der Waals surface area contributed by atoms with Crippen molar-refractivity contribution in [3.63, 3.8) is 0 Å². The number of fused-ring (bicyclic) bond motifs is 1. The molecule has 2 saturated heterocycles. The molecule has 2 aliphatic heterocycles. The number of nitrogens with zero attached hydrogens (tertiary/aromatic N) is 2. The fourth-order valence-electron chi connectivity index (χ4n) is 3.05. The summed E-state index contributed by atoms with van der Waals surface area (Å²) in [7, 11) is 0. The lowest BCUT2D eigenvalue weighted by molar-refractivity contribution is 0.436. The largest absolute Gasteiger partial charge is 0.370 e. The fraction of sp³-hybridized carbons (Fsp3) is 0.615. The van der Waals surface area contributed by atoms with Gasteiger partial charge in [-0.05, 0) is 43.9 Å². The maximum Gasteiger partial charge on any atom is 0.129 e. The predicted molar refractivity (Wildman–Crippen MR) is 70.6 cm³/mol. The Balaban J connectivity index is 1.70. The van der Waals surface area contributed by atoms with Crippen LogP contribution in [-0.2, 0) is 0 Å².